The maximum Gasteiger partial charge on any atom is 0.0406 e. The Labute approximate surface area is 110 Å². The van der Waals surface area contributed by atoms with Crippen LogP contribution in [0.3, 0.4) is 0 Å². The number of nitrogens with one attached hydrogen (secondary N) is 1. The molecule has 2 heteroatoms. The molecule has 1 nitrogen and oxygen atoms in total. The van der Waals surface area contributed by atoms with Crippen LogP contribution in [0.5, 0.6) is 0 Å². The van der Waals surface area contributed by atoms with Crippen molar-refractivity contribution in [2.75, 3.05) is 6.54 Å². The summed E-state index contributed by atoms with van der Waals surface area (Å²) in [6, 6.07) is 9.04. The van der Waals surface area contributed by atoms with E-state index in [1.54, 1.807) is 0 Å². The average molecular weight is 252 g/mol. The third-order valence-corrected chi connectivity index (χ3v) is 4.12. The third-order valence-electron chi connectivity index (χ3n) is 3.87. The Morgan fingerprint density at radius 2 is 2.06 bits per heavy atom. The predicted octanol–water partition coefficient (Wildman–Crippen LogP) is 4.05. The van der Waals surface area contributed by atoms with Crippen molar-refractivity contribution < 1.29 is 0 Å². The first-order chi connectivity index (χ1) is 8.11. The van der Waals surface area contributed by atoms with Crippen LogP contribution in [-0.2, 0) is 6.42 Å². The van der Waals surface area contributed by atoms with E-state index in [0.29, 0.717) is 5.41 Å². The number of hydrogen-bond acceptors (Lipinski definition) is 1. The zero-order valence-corrected chi connectivity index (χ0v) is 11.6. The van der Waals surface area contributed by atoms with Gasteiger partial charge in [0.25, 0.3) is 0 Å². The van der Waals surface area contributed by atoms with Gasteiger partial charge in [0, 0.05) is 11.1 Å². The Hall–Kier alpha value is -0.530. The fourth-order valence-corrected chi connectivity index (χ4v) is 3.17. The van der Waals surface area contributed by atoms with Crippen molar-refractivity contribution in [3.63, 3.8) is 0 Å². The van der Waals surface area contributed by atoms with Gasteiger partial charge < -0.3 is 5.32 Å². The standard InChI is InChI=1S/C15H22ClN/c1-3-17-14-8-9-15(2,11-14)10-12-4-6-13(16)7-5-12/h4-7,14,17H,3,8-11H2,1-2H3. The summed E-state index contributed by atoms with van der Waals surface area (Å²) in [6.45, 7) is 5.69. The van der Waals surface area contributed by atoms with Crippen LogP contribution in [0.25, 0.3) is 0 Å². The first kappa shape index (κ1) is 12.9. The molecule has 0 spiro atoms. The summed E-state index contributed by atoms with van der Waals surface area (Å²) in [7, 11) is 0. The van der Waals surface area contributed by atoms with Gasteiger partial charge in [-0.1, -0.05) is 37.6 Å². The van der Waals surface area contributed by atoms with Crippen molar-refractivity contribution in [3.8, 4) is 0 Å². The molecule has 2 atom stereocenters. The largest absolute Gasteiger partial charge is 0.314 e. The van der Waals surface area contributed by atoms with E-state index in [2.05, 4.69) is 31.3 Å². The molecule has 94 valence electrons. The fraction of sp³-hybridized carbons (Fsp3) is 0.600. The van der Waals surface area contributed by atoms with Gasteiger partial charge in [0.15, 0.2) is 0 Å². The quantitative estimate of drug-likeness (QED) is 0.851. The average Bonchev–Trinajstić information content (AvgIpc) is 2.64. The molecule has 2 unspecified atom stereocenters. The SMILES string of the molecule is CCNC1CCC(C)(Cc2ccc(Cl)cc2)C1. The van der Waals surface area contributed by atoms with Crippen molar-refractivity contribution in [3.05, 3.63) is 34.9 Å². The maximum atomic E-state index is 5.92. The summed E-state index contributed by atoms with van der Waals surface area (Å²) in [5, 5.41) is 4.40. The van der Waals surface area contributed by atoms with Gasteiger partial charge in [0.2, 0.25) is 0 Å². The monoisotopic (exact) mass is 251 g/mol. The Bertz CT molecular complexity index is 360. The van der Waals surface area contributed by atoms with Crippen LogP contribution in [0.1, 0.15) is 38.7 Å². The van der Waals surface area contributed by atoms with Crippen LogP contribution in [0.4, 0.5) is 0 Å². The molecule has 1 N–H and O–H groups in total. The summed E-state index contributed by atoms with van der Waals surface area (Å²) in [4.78, 5) is 0. The van der Waals surface area contributed by atoms with Gasteiger partial charge in [-0.2, -0.15) is 0 Å². The second-order valence-electron chi connectivity index (χ2n) is 5.61. The molecular formula is C15H22ClN. The minimum atomic E-state index is 0.459. The topological polar surface area (TPSA) is 12.0 Å². The molecule has 1 aromatic carbocycles. The fourth-order valence-electron chi connectivity index (χ4n) is 3.04. The minimum Gasteiger partial charge on any atom is -0.314 e. The van der Waals surface area contributed by atoms with Crippen molar-refractivity contribution in [2.45, 2.75) is 45.6 Å². The van der Waals surface area contributed by atoms with E-state index in [9.17, 15) is 0 Å². The summed E-state index contributed by atoms with van der Waals surface area (Å²) in [5.41, 5.74) is 1.87. The van der Waals surface area contributed by atoms with Crippen molar-refractivity contribution >= 4 is 11.6 Å². The van der Waals surface area contributed by atoms with Crippen LogP contribution < -0.4 is 5.32 Å². The molecule has 0 saturated heterocycles. The van der Waals surface area contributed by atoms with E-state index in [1.165, 1.54) is 31.2 Å². The molecule has 1 fully saturated rings. The van der Waals surface area contributed by atoms with Gasteiger partial charge in [0.05, 0.1) is 0 Å². The second kappa shape index (κ2) is 5.41. The van der Waals surface area contributed by atoms with Gasteiger partial charge in [0.1, 0.15) is 0 Å². The first-order valence-electron chi connectivity index (χ1n) is 6.59. The zero-order chi connectivity index (χ0) is 12.3. The van der Waals surface area contributed by atoms with Gasteiger partial charge in [-0.25, -0.2) is 0 Å². The van der Waals surface area contributed by atoms with E-state index >= 15 is 0 Å². The summed E-state index contributed by atoms with van der Waals surface area (Å²) in [6.07, 6.45) is 5.11. The number of benzene rings is 1. The highest BCUT2D eigenvalue weighted by molar-refractivity contribution is 6.30. The lowest BCUT2D eigenvalue weighted by Gasteiger charge is -2.24. The van der Waals surface area contributed by atoms with Crippen LogP contribution in [0.15, 0.2) is 24.3 Å². The number of halogens is 1. The molecule has 1 saturated carbocycles. The summed E-state index contributed by atoms with van der Waals surface area (Å²) in [5.74, 6) is 0. The molecule has 0 heterocycles. The number of hydrogen-bond donors (Lipinski definition) is 1. The lowest BCUT2D eigenvalue weighted by atomic mass is 9.82. The van der Waals surface area contributed by atoms with Gasteiger partial charge in [-0.3, -0.25) is 0 Å². The minimum absolute atomic E-state index is 0.459. The molecule has 0 aliphatic heterocycles. The van der Waals surface area contributed by atoms with Gasteiger partial charge >= 0.3 is 0 Å². The first-order valence-corrected chi connectivity index (χ1v) is 6.97. The van der Waals surface area contributed by atoms with Gasteiger partial charge in [-0.05, 0) is 55.3 Å². The second-order valence-corrected chi connectivity index (χ2v) is 6.05. The smallest absolute Gasteiger partial charge is 0.0406 e. The van der Waals surface area contributed by atoms with Crippen LogP contribution in [0.2, 0.25) is 5.02 Å². The zero-order valence-electron chi connectivity index (χ0n) is 10.8. The van der Waals surface area contributed by atoms with Crippen LogP contribution in [0, 0.1) is 5.41 Å². The normalized spacial score (nSPS) is 28.5. The highest BCUT2D eigenvalue weighted by atomic mass is 35.5. The van der Waals surface area contributed by atoms with E-state index in [4.69, 9.17) is 11.6 Å². The predicted molar refractivity (Wildman–Crippen MR) is 74.6 cm³/mol. The maximum absolute atomic E-state index is 5.92. The Balaban J connectivity index is 1.96. The van der Waals surface area contributed by atoms with E-state index in [0.717, 1.165) is 17.6 Å². The van der Waals surface area contributed by atoms with E-state index in [1.807, 2.05) is 12.1 Å². The van der Waals surface area contributed by atoms with E-state index in [-0.39, 0.29) is 0 Å². The van der Waals surface area contributed by atoms with E-state index < -0.39 is 0 Å². The molecule has 0 bridgehead atoms. The Kier molecular flexibility index (Phi) is 4.11. The third kappa shape index (κ3) is 3.46. The molecular weight excluding hydrogens is 230 g/mol. The Morgan fingerprint density at radius 1 is 1.35 bits per heavy atom. The molecule has 0 radical (unpaired) electrons. The highest BCUT2D eigenvalue weighted by Crippen LogP contribution is 2.40. The summed E-state index contributed by atoms with van der Waals surface area (Å²) < 4.78 is 0. The Morgan fingerprint density at radius 3 is 2.71 bits per heavy atom. The van der Waals surface area contributed by atoms with Crippen molar-refractivity contribution in [1.29, 1.82) is 0 Å². The lowest BCUT2D eigenvalue weighted by Crippen LogP contribution is -2.28. The van der Waals surface area contributed by atoms with Crippen molar-refractivity contribution in [2.24, 2.45) is 5.41 Å². The number of rotatable bonds is 4. The lowest BCUT2D eigenvalue weighted by molar-refractivity contribution is 0.322. The van der Waals surface area contributed by atoms with Crippen LogP contribution in [-0.4, -0.2) is 12.6 Å². The highest BCUT2D eigenvalue weighted by Gasteiger charge is 2.34. The molecule has 0 aromatic heterocycles. The summed E-state index contributed by atoms with van der Waals surface area (Å²) >= 11 is 5.92. The molecule has 2 rings (SSSR count). The molecule has 1 aromatic rings. The molecule has 1 aliphatic carbocycles. The van der Waals surface area contributed by atoms with Crippen molar-refractivity contribution in [1.82, 2.24) is 5.32 Å². The molecule has 17 heavy (non-hydrogen) atoms. The van der Waals surface area contributed by atoms with Crippen LogP contribution >= 0.6 is 11.6 Å². The molecule has 1 aliphatic rings. The molecule has 0 amide bonds. The van der Waals surface area contributed by atoms with Gasteiger partial charge in [-0.15, -0.1) is 0 Å².